The number of nitrogens with one attached hydrogen (secondary N) is 7. The number of aliphatic hydroxyl groups excluding tert-OH is 1. The SMILES string of the molecule is CC[C@H](C)[C@H](N)C(=O)N[C@@H](CO)C(=O)N[C@@H](Cc1ccccc1)C(=O)N[C@@H](CC(=O)O)C(=O)NCC(=O)N[C@@H](CC(=O)O)C(=O)N[C@@H](CC(N)=O)C(=O)N[C@@H](CCCCN)C(=O)O. The molecule has 0 saturated heterocycles. The molecule has 25 nitrogen and oxygen atoms in total. The van der Waals surface area contributed by atoms with Crippen LogP contribution in [0.4, 0.5) is 0 Å². The molecule has 8 amide bonds. The number of carbonyl (C=O) groups is 11. The minimum absolute atomic E-state index is 0.0681. The fourth-order valence-electron chi connectivity index (χ4n) is 5.59. The second-order valence-corrected chi connectivity index (χ2v) is 14.4. The Morgan fingerprint density at radius 1 is 0.619 bits per heavy atom. The Labute approximate surface area is 361 Å². The van der Waals surface area contributed by atoms with Gasteiger partial charge in [-0.1, -0.05) is 50.6 Å². The first-order chi connectivity index (χ1) is 29.6. The maximum Gasteiger partial charge on any atom is 0.326 e. The van der Waals surface area contributed by atoms with Crippen LogP contribution in [0.2, 0.25) is 0 Å². The van der Waals surface area contributed by atoms with Crippen molar-refractivity contribution in [3.8, 4) is 0 Å². The number of aliphatic carboxylic acids is 3. The van der Waals surface area contributed by atoms with Crippen LogP contribution in [-0.4, -0.2) is 148 Å². The van der Waals surface area contributed by atoms with Gasteiger partial charge in [0.25, 0.3) is 0 Å². The third-order valence-electron chi connectivity index (χ3n) is 9.36. The zero-order valence-electron chi connectivity index (χ0n) is 34.8. The van der Waals surface area contributed by atoms with Crippen LogP contribution >= 0.6 is 0 Å². The summed E-state index contributed by atoms with van der Waals surface area (Å²) in [6, 6.07) is -3.22. The van der Waals surface area contributed by atoms with E-state index in [0.717, 1.165) is 0 Å². The van der Waals surface area contributed by atoms with E-state index in [1.54, 1.807) is 44.2 Å². The van der Waals surface area contributed by atoms with E-state index < -0.39 is 140 Å². The third-order valence-corrected chi connectivity index (χ3v) is 9.36. The van der Waals surface area contributed by atoms with Gasteiger partial charge in [0.15, 0.2) is 0 Å². The van der Waals surface area contributed by atoms with Gasteiger partial charge in [-0.3, -0.25) is 47.9 Å². The fourth-order valence-corrected chi connectivity index (χ4v) is 5.59. The first kappa shape index (κ1) is 54.3. The Balaban J connectivity index is 3.20. The molecule has 0 heterocycles. The number of rotatable bonds is 30. The lowest BCUT2D eigenvalue weighted by Gasteiger charge is -2.26. The summed E-state index contributed by atoms with van der Waals surface area (Å²) < 4.78 is 0. The van der Waals surface area contributed by atoms with Crippen LogP contribution in [0.1, 0.15) is 64.4 Å². The molecule has 350 valence electrons. The summed E-state index contributed by atoms with van der Waals surface area (Å²) in [6.45, 7) is 1.79. The minimum atomic E-state index is -1.97. The van der Waals surface area contributed by atoms with Gasteiger partial charge in [-0.15, -0.1) is 0 Å². The van der Waals surface area contributed by atoms with Crippen molar-refractivity contribution in [2.45, 2.75) is 108 Å². The van der Waals surface area contributed by atoms with Crippen molar-refractivity contribution >= 4 is 65.2 Å². The minimum Gasteiger partial charge on any atom is -0.481 e. The van der Waals surface area contributed by atoms with Crippen LogP contribution in [-0.2, 0) is 59.2 Å². The predicted molar refractivity (Wildman–Crippen MR) is 218 cm³/mol. The number of amides is 8. The summed E-state index contributed by atoms with van der Waals surface area (Å²) in [7, 11) is 0. The van der Waals surface area contributed by atoms with Crippen LogP contribution < -0.4 is 54.4 Å². The molecule has 0 fully saturated rings. The second kappa shape index (κ2) is 28.0. The lowest BCUT2D eigenvalue weighted by Crippen LogP contribution is -2.60. The summed E-state index contributed by atoms with van der Waals surface area (Å²) in [5, 5.41) is 53.5. The molecule has 1 aromatic carbocycles. The average Bonchev–Trinajstić information content (AvgIpc) is 3.22. The number of unbranched alkanes of at least 4 members (excludes halogenated alkanes) is 1. The van der Waals surface area contributed by atoms with Crippen molar-refractivity contribution in [3.63, 3.8) is 0 Å². The van der Waals surface area contributed by atoms with E-state index in [0.29, 0.717) is 24.8 Å². The summed E-state index contributed by atoms with van der Waals surface area (Å²) in [5.74, 6) is -14.0. The van der Waals surface area contributed by atoms with E-state index in [2.05, 4.69) is 31.9 Å². The van der Waals surface area contributed by atoms with E-state index in [1.807, 2.05) is 5.32 Å². The van der Waals surface area contributed by atoms with Gasteiger partial charge < -0.3 is 74.8 Å². The molecule has 17 N–H and O–H groups in total. The molecule has 1 rings (SSSR count). The van der Waals surface area contributed by atoms with E-state index in [4.69, 9.17) is 17.2 Å². The average molecular weight is 895 g/mol. The van der Waals surface area contributed by atoms with Crippen molar-refractivity contribution in [3.05, 3.63) is 35.9 Å². The Morgan fingerprint density at radius 2 is 1.10 bits per heavy atom. The highest BCUT2D eigenvalue weighted by atomic mass is 16.4. The molecule has 1 aromatic rings. The van der Waals surface area contributed by atoms with Gasteiger partial charge >= 0.3 is 17.9 Å². The van der Waals surface area contributed by atoms with Crippen molar-refractivity contribution in [2.24, 2.45) is 23.1 Å². The lowest BCUT2D eigenvalue weighted by molar-refractivity contribution is -0.143. The fraction of sp³-hybridized carbons (Fsp3) is 0.553. The molecule has 0 bridgehead atoms. The number of nitrogens with two attached hydrogens (primary N) is 3. The molecule has 0 aliphatic heterocycles. The van der Waals surface area contributed by atoms with Crippen LogP contribution in [0.5, 0.6) is 0 Å². The molecule has 0 spiro atoms. The van der Waals surface area contributed by atoms with Gasteiger partial charge in [0.2, 0.25) is 47.3 Å². The lowest BCUT2D eigenvalue weighted by atomic mass is 9.99. The van der Waals surface area contributed by atoms with Crippen LogP contribution in [0, 0.1) is 5.92 Å². The normalized spacial score (nSPS) is 14.6. The molecule has 0 unspecified atom stereocenters. The number of carboxylic acids is 3. The Bertz CT molecular complexity index is 1780. The van der Waals surface area contributed by atoms with Crippen molar-refractivity contribution < 1.29 is 73.2 Å². The van der Waals surface area contributed by atoms with Gasteiger partial charge in [-0.05, 0) is 37.3 Å². The molecular formula is C38H58N10O15. The molecule has 0 aromatic heterocycles. The van der Waals surface area contributed by atoms with Crippen molar-refractivity contribution in [2.75, 3.05) is 19.7 Å². The van der Waals surface area contributed by atoms with Gasteiger partial charge in [-0.2, -0.15) is 0 Å². The van der Waals surface area contributed by atoms with Gasteiger partial charge in [-0.25, -0.2) is 4.79 Å². The monoisotopic (exact) mass is 894 g/mol. The first-order valence-electron chi connectivity index (χ1n) is 19.8. The third kappa shape index (κ3) is 20.6. The molecule has 8 atom stereocenters. The smallest absolute Gasteiger partial charge is 0.326 e. The number of hydrogen-bond donors (Lipinski definition) is 14. The van der Waals surface area contributed by atoms with Crippen LogP contribution in [0.15, 0.2) is 30.3 Å². The largest absolute Gasteiger partial charge is 0.481 e. The van der Waals surface area contributed by atoms with Crippen LogP contribution in [0.3, 0.4) is 0 Å². The van der Waals surface area contributed by atoms with Gasteiger partial charge in [0, 0.05) is 6.42 Å². The Hall–Kier alpha value is -6.73. The number of carbonyl (C=O) groups excluding carboxylic acids is 8. The molecule has 25 heteroatoms. The number of hydrogen-bond acceptors (Lipinski definition) is 14. The number of benzene rings is 1. The predicted octanol–water partition coefficient (Wildman–Crippen LogP) is -5.34. The van der Waals surface area contributed by atoms with Crippen molar-refractivity contribution in [1.82, 2.24) is 37.2 Å². The maximum atomic E-state index is 13.6. The quantitative estimate of drug-likeness (QED) is 0.0321. The zero-order chi connectivity index (χ0) is 47.8. The van der Waals surface area contributed by atoms with E-state index >= 15 is 0 Å². The zero-order valence-corrected chi connectivity index (χ0v) is 34.8. The summed E-state index contributed by atoms with van der Waals surface area (Å²) in [5.41, 5.74) is 17.0. The molecule has 0 aliphatic rings. The standard InChI is InChI=1S/C38H58N10O15/c1-3-19(2)31(41)37(61)48-26(18-49)36(60)45-22(13-20-9-5-4-6-10-20)33(57)47-24(15-29(52)53)32(56)42-17-28(51)43-25(16-30(54)55)35(59)46-23(14-27(40)50)34(58)44-21(38(62)63)11-7-8-12-39/h4-6,9-10,19,21-26,31,49H,3,7-8,11-18,39,41H2,1-2H3,(H2,40,50)(H,42,56)(H,43,51)(H,44,58)(H,45,60)(H,46,59)(H,47,57)(H,48,61)(H,52,53)(H,54,55)(H,62,63)/t19-,21-,22-,23-,24-,25-,26-,31-/m0/s1. The number of aliphatic hydroxyl groups is 1. The second-order valence-electron chi connectivity index (χ2n) is 14.4. The highest BCUT2D eigenvalue weighted by Gasteiger charge is 2.34. The molecular weight excluding hydrogens is 836 g/mol. The summed E-state index contributed by atoms with van der Waals surface area (Å²) in [4.78, 5) is 139. The van der Waals surface area contributed by atoms with Crippen LogP contribution in [0.25, 0.3) is 0 Å². The molecule has 0 radical (unpaired) electrons. The molecule has 63 heavy (non-hydrogen) atoms. The number of carboxylic acid groups (broad SMARTS) is 3. The Morgan fingerprint density at radius 3 is 1.59 bits per heavy atom. The van der Waals surface area contributed by atoms with Gasteiger partial charge in [0.1, 0.15) is 36.3 Å². The highest BCUT2D eigenvalue weighted by Crippen LogP contribution is 2.08. The Kier molecular flexibility index (Phi) is 24.1. The van der Waals surface area contributed by atoms with E-state index in [-0.39, 0.29) is 25.3 Å². The van der Waals surface area contributed by atoms with Crippen molar-refractivity contribution in [1.29, 1.82) is 0 Å². The molecule has 0 saturated carbocycles. The first-order valence-corrected chi connectivity index (χ1v) is 19.8. The maximum absolute atomic E-state index is 13.6. The molecule has 0 aliphatic carbocycles. The van der Waals surface area contributed by atoms with Gasteiger partial charge in [0.05, 0.1) is 38.5 Å². The summed E-state index contributed by atoms with van der Waals surface area (Å²) in [6.07, 6.45) is -2.09. The topological polar surface area (TPSA) is 431 Å². The highest BCUT2D eigenvalue weighted by molar-refractivity contribution is 5.99. The van der Waals surface area contributed by atoms with E-state index in [9.17, 15) is 73.2 Å². The summed E-state index contributed by atoms with van der Waals surface area (Å²) >= 11 is 0. The van der Waals surface area contributed by atoms with E-state index in [1.165, 1.54) is 0 Å². The number of primary amides is 1.